The van der Waals surface area contributed by atoms with E-state index < -0.39 is 94.7 Å². The van der Waals surface area contributed by atoms with Gasteiger partial charge in [-0.1, -0.05) is 36.4 Å². The van der Waals surface area contributed by atoms with Crippen molar-refractivity contribution in [1.82, 2.24) is 0 Å². The molecule has 1 heterocycles. The molecule has 9 atom stereocenters. The zero-order valence-electron chi connectivity index (χ0n) is 26.4. The first-order valence-electron chi connectivity index (χ1n) is 15.0. The second kappa shape index (κ2) is 11.6. The predicted molar refractivity (Wildman–Crippen MR) is 158 cm³/mol. The van der Waals surface area contributed by atoms with Gasteiger partial charge < -0.3 is 33.9 Å². The summed E-state index contributed by atoms with van der Waals surface area (Å²) in [6.07, 6.45) is -7.43. The van der Waals surface area contributed by atoms with E-state index in [1.54, 1.807) is 50.2 Å². The zero-order chi connectivity index (χ0) is 33.8. The van der Waals surface area contributed by atoms with E-state index in [0.29, 0.717) is 0 Å². The molecule has 1 saturated heterocycles. The van der Waals surface area contributed by atoms with Crippen LogP contribution >= 0.6 is 0 Å². The monoisotopic (exact) mass is 638 g/mol. The van der Waals surface area contributed by atoms with Gasteiger partial charge in [-0.25, -0.2) is 9.59 Å². The first-order chi connectivity index (χ1) is 21.5. The van der Waals surface area contributed by atoms with Crippen LogP contribution in [-0.4, -0.2) is 86.7 Å². The van der Waals surface area contributed by atoms with Crippen LogP contribution in [0.25, 0.3) is 0 Å². The lowest BCUT2D eigenvalue weighted by molar-refractivity contribution is -0.371. The number of hydrogen-bond donors (Lipinski definition) is 2. The minimum absolute atomic E-state index is 0.0660. The maximum atomic E-state index is 13.8. The Balaban J connectivity index is 1.85. The van der Waals surface area contributed by atoms with Crippen LogP contribution in [0.1, 0.15) is 68.7 Å². The molecule has 2 bridgehead atoms. The summed E-state index contributed by atoms with van der Waals surface area (Å²) in [5.74, 6) is -6.83. The lowest BCUT2D eigenvalue weighted by Gasteiger charge is -2.65. The minimum Gasteiger partial charge on any atom is -0.458 e. The van der Waals surface area contributed by atoms with Crippen LogP contribution in [0.15, 0.2) is 60.7 Å². The molecule has 46 heavy (non-hydrogen) atoms. The number of Topliss-reactive ketones (excluding diaryl/α,β-unsaturated/α-hetero) is 1. The molecule has 2 aliphatic carbocycles. The van der Waals surface area contributed by atoms with Crippen molar-refractivity contribution in [3.05, 3.63) is 71.8 Å². The summed E-state index contributed by atoms with van der Waals surface area (Å²) >= 11 is 0. The molecule has 2 aromatic rings. The van der Waals surface area contributed by atoms with Gasteiger partial charge >= 0.3 is 23.9 Å². The van der Waals surface area contributed by atoms with Crippen molar-refractivity contribution in [2.24, 2.45) is 11.8 Å². The molecule has 0 unspecified atom stereocenters. The third-order valence-electron chi connectivity index (χ3n) is 9.45. The molecule has 3 aliphatic rings. The molecule has 5 rings (SSSR count). The summed E-state index contributed by atoms with van der Waals surface area (Å²) < 4.78 is 30.6. The molecule has 0 radical (unpaired) electrons. The number of ether oxygens (including phenoxy) is 5. The topological polar surface area (TPSA) is 172 Å². The molecule has 0 aromatic heterocycles. The summed E-state index contributed by atoms with van der Waals surface area (Å²) in [7, 11) is 0. The minimum atomic E-state index is -2.64. The molecule has 246 valence electrons. The Bertz CT molecular complexity index is 1540. The number of aliphatic hydroxyl groups is 2. The first kappa shape index (κ1) is 33.2. The molecule has 2 aromatic carbocycles. The Morgan fingerprint density at radius 3 is 1.72 bits per heavy atom. The van der Waals surface area contributed by atoms with E-state index in [2.05, 4.69) is 0 Å². The van der Waals surface area contributed by atoms with Crippen molar-refractivity contribution in [2.75, 3.05) is 0 Å². The molecule has 1 aliphatic heterocycles. The van der Waals surface area contributed by atoms with Gasteiger partial charge in [0, 0.05) is 26.2 Å². The lowest BCUT2D eigenvalue weighted by Crippen LogP contribution is -2.88. The summed E-state index contributed by atoms with van der Waals surface area (Å²) in [6.45, 7) is 7.82. The van der Waals surface area contributed by atoms with Gasteiger partial charge in [-0.3, -0.25) is 14.4 Å². The highest BCUT2D eigenvalue weighted by molar-refractivity contribution is 5.91. The van der Waals surface area contributed by atoms with Gasteiger partial charge in [-0.2, -0.15) is 0 Å². The van der Waals surface area contributed by atoms with Crippen LogP contribution in [0, 0.1) is 11.8 Å². The number of aliphatic hydroxyl groups excluding tert-OH is 1. The Labute approximate surface area is 265 Å². The van der Waals surface area contributed by atoms with Crippen molar-refractivity contribution < 1.29 is 57.9 Å². The molecule has 12 heteroatoms. The molecule has 2 saturated carbocycles. The standard InChI is InChI=1S/C34H38O12/c1-18(35)24-25-26(38)34(46-31(25,4)5)32(6,41)17-23(42-19(2)36)27(43-29(39)21-13-9-7-10-14-21)33(34,45-20(3)37)28(24)44-30(40)22-15-11-8-12-16-22/h7-16,23-28,38,41H,17H2,1-6H3/t23-,24+,25+,26+,27-,28+,32-,33+,34-/m0/s1. The number of benzene rings is 2. The quantitative estimate of drug-likeness (QED) is 0.336. The fourth-order valence-electron chi connectivity index (χ4n) is 7.98. The maximum absolute atomic E-state index is 13.8. The van der Waals surface area contributed by atoms with Crippen LogP contribution in [0.2, 0.25) is 0 Å². The molecule has 1 spiro atoms. The van der Waals surface area contributed by atoms with E-state index in [1.807, 2.05) is 0 Å². The highest BCUT2D eigenvalue weighted by Crippen LogP contribution is 2.67. The number of hydrogen-bond acceptors (Lipinski definition) is 12. The summed E-state index contributed by atoms with van der Waals surface area (Å²) in [5, 5.41) is 24.6. The average molecular weight is 639 g/mol. The molecule has 12 nitrogen and oxygen atoms in total. The van der Waals surface area contributed by atoms with Crippen LogP contribution in [0.5, 0.6) is 0 Å². The van der Waals surface area contributed by atoms with Gasteiger partial charge in [0.15, 0.2) is 17.8 Å². The zero-order valence-corrected chi connectivity index (χ0v) is 26.4. The third-order valence-corrected chi connectivity index (χ3v) is 9.45. The van der Waals surface area contributed by atoms with Crippen LogP contribution in [0.4, 0.5) is 0 Å². The predicted octanol–water partition coefficient (Wildman–Crippen LogP) is 2.57. The highest BCUT2D eigenvalue weighted by atomic mass is 16.7. The molecular formula is C34H38O12. The van der Waals surface area contributed by atoms with E-state index >= 15 is 0 Å². The van der Waals surface area contributed by atoms with Crippen molar-refractivity contribution in [2.45, 2.75) is 94.8 Å². The van der Waals surface area contributed by atoms with E-state index in [1.165, 1.54) is 38.1 Å². The van der Waals surface area contributed by atoms with Gasteiger partial charge in [0.1, 0.15) is 17.5 Å². The van der Waals surface area contributed by atoms with E-state index in [9.17, 15) is 34.2 Å². The third kappa shape index (κ3) is 4.99. The van der Waals surface area contributed by atoms with Crippen LogP contribution in [0.3, 0.4) is 0 Å². The van der Waals surface area contributed by atoms with Crippen molar-refractivity contribution in [3.8, 4) is 0 Å². The molecule has 0 amide bonds. The Hall–Kier alpha value is -4.13. The summed E-state index contributed by atoms with van der Waals surface area (Å²) in [5.41, 5.74) is -8.49. The van der Waals surface area contributed by atoms with E-state index in [0.717, 1.165) is 13.8 Å². The first-order valence-corrected chi connectivity index (χ1v) is 15.0. The fraction of sp³-hybridized carbons (Fsp3) is 0.500. The Morgan fingerprint density at radius 1 is 0.761 bits per heavy atom. The lowest BCUT2D eigenvalue weighted by atomic mass is 9.48. The number of esters is 4. The molecular weight excluding hydrogens is 600 g/mol. The van der Waals surface area contributed by atoms with Gasteiger partial charge in [0.05, 0.1) is 28.7 Å². The molecule has 2 N–H and O–H groups in total. The maximum Gasteiger partial charge on any atom is 0.338 e. The van der Waals surface area contributed by atoms with Gasteiger partial charge in [-0.05, 0) is 52.0 Å². The van der Waals surface area contributed by atoms with Crippen LogP contribution < -0.4 is 0 Å². The number of carbonyl (C=O) groups excluding carboxylic acids is 5. The highest BCUT2D eigenvalue weighted by Gasteiger charge is 2.89. The van der Waals surface area contributed by atoms with Gasteiger partial charge in [0.25, 0.3) is 0 Å². The normalized spacial score (nSPS) is 35.7. The van der Waals surface area contributed by atoms with Gasteiger partial charge in [-0.15, -0.1) is 0 Å². The number of carbonyl (C=O) groups is 5. The number of rotatable bonds is 7. The second-order valence-corrected chi connectivity index (χ2v) is 12.9. The average Bonchev–Trinajstić information content (AvgIpc) is 3.15. The van der Waals surface area contributed by atoms with Crippen molar-refractivity contribution in [3.63, 3.8) is 0 Å². The number of fused-ring (bicyclic) bond motifs is 1. The fourth-order valence-corrected chi connectivity index (χ4v) is 7.98. The summed E-state index contributed by atoms with van der Waals surface area (Å²) in [4.78, 5) is 66.9. The largest absolute Gasteiger partial charge is 0.458 e. The van der Waals surface area contributed by atoms with Crippen LogP contribution in [-0.2, 0) is 38.1 Å². The Morgan fingerprint density at radius 2 is 1.26 bits per heavy atom. The molecule has 3 fully saturated rings. The van der Waals surface area contributed by atoms with Gasteiger partial charge in [0.2, 0.25) is 5.60 Å². The Kier molecular flexibility index (Phi) is 8.37. The van der Waals surface area contributed by atoms with E-state index in [4.69, 9.17) is 23.7 Å². The SMILES string of the molecule is CC(=O)O[C@H]1C[C@](C)(O)[C@]23OC(C)(C)[C@H]([C@@H](C(C)=O)[C@@H](OC(=O)c4ccccc4)[C@]2(OC(C)=O)[C@H]1OC(=O)c1ccccc1)[C@H]3O. The smallest absolute Gasteiger partial charge is 0.338 e. The van der Waals surface area contributed by atoms with E-state index in [-0.39, 0.29) is 11.1 Å². The summed E-state index contributed by atoms with van der Waals surface area (Å²) in [6, 6.07) is 15.6. The van der Waals surface area contributed by atoms with Crippen molar-refractivity contribution in [1.29, 1.82) is 0 Å². The number of ketones is 1. The second-order valence-electron chi connectivity index (χ2n) is 12.9. The van der Waals surface area contributed by atoms with Crippen molar-refractivity contribution >= 4 is 29.7 Å².